The summed E-state index contributed by atoms with van der Waals surface area (Å²) in [6.07, 6.45) is 6.68. The number of aliphatic carboxylic acids is 1. The molecule has 0 radical (unpaired) electrons. The molecular formula is C28H55N5O6. The highest BCUT2D eigenvalue weighted by molar-refractivity contribution is 5.78. The number of esters is 1. The molecule has 0 aromatic heterocycles. The number of hydrogen-bond donors (Lipinski definition) is 3. The third-order valence-electron chi connectivity index (χ3n) is 6.61. The van der Waals surface area contributed by atoms with E-state index in [0.29, 0.717) is 52.2 Å². The average molecular weight is 558 g/mol. The van der Waals surface area contributed by atoms with Gasteiger partial charge in [-0.1, -0.05) is 53.4 Å². The van der Waals surface area contributed by atoms with Crippen LogP contribution in [-0.4, -0.2) is 122 Å². The van der Waals surface area contributed by atoms with Gasteiger partial charge in [-0.15, -0.1) is 0 Å². The molecule has 0 aromatic carbocycles. The number of hydrogen-bond acceptors (Lipinski definition) is 8. The fourth-order valence-electron chi connectivity index (χ4n) is 4.29. The van der Waals surface area contributed by atoms with Crippen molar-refractivity contribution in [1.29, 1.82) is 0 Å². The maximum absolute atomic E-state index is 12.6. The van der Waals surface area contributed by atoms with Crippen molar-refractivity contribution in [3.05, 3.63) is 0 Å². The van der Waals surface area contributed by atoms with Crippen molar-refractivity contribution in [1.82, 2.24) is 25.3 Å². The number of likely N-dealkylation sites (N-methyl/N-ethyl adjacent to an activating group) is 2. The molecule has 1 unspecified atom stereocenters. The van der Waals surface area contributed by atoms with E-state index in [9.17, 15) is 24.3 Å². The van der Waals surface area contributed by atoms with Gasteiger partial charge in [-0.25, -0.2) is 0 Å². The molecule has 0 aromatic rings. The summed E-state index contributed by atoms with van der Waals surface area (Å²) in [5, 5.41) is 15.5. The second-order valence-electron chi connectivity index (χ2n) is 9.96. The van der Waals surface area contributed by atoms with Gasteiger partial charge in [-0.2, -0.15) is 0 Å². The zero-order valence-corrected chi connectivity index (χ0v) is 25.1. The summed E-state index contributed by atoms with van der Waals surface area (Å²) in [5.74, 6) is -1.42. The van der Waals surface area contributed by atoms with Gasteiger partial charge in [0.1, 0.15) is 0 Å². The fraction of sp³-hybridized carbons (Fsp3) is 0.857. The van der Waals surface area contributed by atoms with Gasteiger partial charge in [0.15, 0.2) is 0 Å². The molecule has 0 aliphatic rings. The van der Waals surface area contributed by atoms with Gasteiger partial charge in [0, 0.05) is 45.7 Å². The fourth-order valence-corrected chi connectivity index (χ4v) is 4.29. The number of nitrogens with one attached hydrogen (secondary N) is 2. The second-order valence-corrected chi connectivity index (χ2v) is 9.96. The van der Waals surface area contributed by atoms with Gasteiger partial charge in [0.25, 0.3) is 0 Å². The lowest BCUT2D eigenvalue weighted by atomic mass is 10.1. The van der Waals surface area contributed by atoms with Crippen LogP contribution in [0.1, 0.15) is 79.6 Å². The minimum atomic E-state index is -0.942. The highest BCUT2D eigenvalue weighted by Gasteiger charge is 2.24. The number of carbonyl (C=O) groups is 4. The van der Waals surface area contributed by atoms with Crippen molar-refractivity contribution < 1.29 is 29.0 Å². The van der Waals surface area contributed by atoms with E-state index in [2.05, 4.69) is 24.5 Å². The second kappa shape index (κ2) is 23.6. The summed E-state index contributed by atoms with van der Waals surface area (Å²) < 4.78 is 5.18. The van der Waals surface area contributed by atoms with Crippen LogP contribution in [0.25, 0.3) is 0 Å². The number of amides is 2. The molecule has 0 bridgehead atoms. The summed E-state index contributed by atoms with van der Waals surface area (Å²) in [5.41, 5.74) is 0. The quantitative estimate of drug-likeness (QED) is 0.114. The third-order valence-corrected chi connectivity index (χ3v) is 6.61. The van der Waals surface area contributed by atoms with E-state index in [4.69, 9.17) is 4.74 Å². The first-order valence-corrected chi connectivity index (χ1v) is 14.7. The maximum atomic E-state index is 12.6. The van der Waals surface area contributed by atoms with Crippen molar-refractivity contribution in [2.75, 3.05) is 72.1 Å². The summed E-state index contributed by atoms with van der Waals surface area (Å²) in [7, 11) is 0. The zero-order valence-electron chi connectivity index (χ0n) is 25.1. The Morgan fingerprint density at radius 2 is 1.33 bits per heavy atom. The molecule has 0 fully saturated rings. The minimum absolute atomic E-state index is 0.0286. The molecule has 11 heteroatoms. The Labute approximate surface area is 236 Å². The molecular weight excluding hydrogens is 502 g/mol. The van der Waals surface area contributed by atoms with Crippen molar-refractivity contribution in [2.45, 2.75) is 85.6 Å². The van der Waals surface area contributed by atoms with E-state index in [1.807, 2.05) is 28.5 Å². The molecule has 0 saturated carbocycles. The predicted octanol–water partition coefficient (Wildman–Crippen LogP) is 1.95. The number of nitrogens with zero attached hydrogens (tertiary/aromatic N) is 3. The predicted molar refractivity (Wildman–Crippen MR) is 154 cm³/mol. The van der Waals surface area contributed by atoms with Gasteiger partial charge >= 0.3 is 11.9 Å². The van der Waals surface area contributed by atoms with Crippen LogP contribution in [0.3, 0.4) is 0 Å². The summed E-state index contributed by atoms with van der Waals surface area (Å²) >= 11 is 0. The van der Waals surface area contributed by atoms with E-state index in [1.54, 1.807) is 0 Å². The standard InChI is InChI=1S/C28H55N5O6/c1-6-10-12-15-29-26(35)21-31(8-3)17-18-32(23-28(37)38)20-25(14-19-39-24(5)34)33(9-4)22-27(36)30-16-13-11-7-2/h25H,6-23H2,1-5H3,(H,29,35)(H,30,36)(H,37,38). The summed E-state index contributed by atoms with van der Waals surface area (Å²) in [4.78, 5) is 53.8. The molecule has 1 atom stereocenters. The molecule has 0 aliphatic carbocycles. The van der Waals surface area contributed by atoms with Crippen molar-refractivity contribution in [3.8, 4) is 0 Å². The molecule has 3 N–H and O–H groups in total. The Morgan fingerprint density at radius 3 is 1.82 bits per heavy atom. The van der Waals surface area contributed by atoms with Crippen LogP contribution in [-0.2, 0) is 23.9 Å². The highest BCUT2D eigenvalue weighted by atomic mass is 16.5. The lowest BCUT2D eigenvalue weighted by Crippen LogP contribution is -2.50. The van der Waals surface area contributed by atoms with Crippen LogP contribution in [0, 0.1) is 0 Å². The van der Waals surface area contributed by atoms with Gasteiger partial charge in [0.05, 0.1) is 26.2 Å². The largest absolute Gasteiger partial charge is 0.480 e. The van der Waals surface area contributed by atoms with E-state index >= 15 is 0 Å². The molecule has 0 heterocycles. The first-order valence-electron chi connectivity index (χ1n) is 14.7. The number of carbonyl (C=O) groups excluding carboxylic acids is 3. The van der Waals surface area contributed by atoms with Crippen LogP contribution >= 0.6 is 0 Å². The number of unbranched alkanes of at least 4 members (excludes halogenated alkanes) is 4. The summed E-state index contributed by atoms with van der Waals surface area (Å²) in [6, 6.07) is -0.188. The van der Waals surface area contributed by atoms with Crippen molar-refractivity contribution in [2.24, 2.45) is 0 Å². The average Bonchev–Trinajstić information content (AvgIpc) is 2.88. The first-order chi connectivity index (χ1) is 18.7. The molecule has 11 nitrogen and oxygen atoms in total. The Kier molecular flexibility index (Phi) is 22.3. The van der Waals surface area contributed by atoms with Gasteiger partial charge < -0.3 is 20.5 Å². The topological polar surface area (TPSA) is 132 Å². The maximum Gasteiger partial charge on any atom is 0.317 e. The SMILES string of the molecule is CCCCCNC(=O)CN(CC)CCN(CC(=O)O)CC(CCOC(C)=O)N(CC)CC(=O)NCCCCC. The molecule has 39 heavy (non-hydrogen) atoms. The van der Waals surface area contributed by atoms with Gasteiger partial charge in [0.2, 0.25) is 11.8 Å². The normalized spacial score (nSPS) is 12.1. The Hall–Kier alpha value is -2.24. The highest BCUT2D eigenvalue weighted by Crippen LogP contribution is 2.09. The van der Waals surface area contributed by atoms with E-state index < -0.39 is 5.97 Å². The van der Waals surface area contributed by atoms with E-state index in [-0.39, 0.29) is 50.1 Å². The smallest absolute Gasteiger partial charge is 0.317 e. The van der Waals surface area contributed by atoms with Crippen molar-refractivity contribution >= 4 is 23.8 Å². The Morgan fingerprint density at radius 1 is 0.769 bits per heavy atom. The monoisotopic (exact) mass is 557 g/mol. The number of rotatable bonds is 25. The van der Waals surface area contributed by atoms with Gasteiger partial charge in [-0.05, 0) is 32.4 Å². The van der Waals surface area contributed by atoms with E-state index in [0.717, 1.165) is 38.5 Å². The third kappa shape index (κ3) is 20.3. The molecule has 228 valence electrons. The number of carboxylic acid groups (broad SMARTS) is 1. The first kappa shape index (κ1) is 36.8. The van der Waals surface area contributed by atoms with E-state index in [1.165, 1.54) is 6.92 Å². The number of carboxylic acids is 1. The van der Waals surface area contributed by atoms with Gasteiger partial charge in [-0.3, -0.25) is 33.9 Å². The molecule has 0 spiro atoms. The zero-order chi connectivity index (χ0) is 29.5. The van der Waals surface area contributed by atoms with Crippen molar-refractivity contribution in [3.63, 3.8) is 0 Å². The lowest BCUT2D eigenvalue weighted by molar-refractivity contribution is -0.141. The molecule has 2 amide bonds. The van der Waals surface area contributed by atoms with Crippen LogP contribution in [0.2, 0.25) is 0 Å². The summed E-state index contributed by atoms with van der Waals surface area (Å²) in [6.45, 7) is 13.9. The minimum Gasteiger partial charge on any atom is -0.480 e. The number of ether oxygens (including phenoxy) is 1. The lowest BCUT2D eigenvalue weighted by Gasteiger charge is -2.35. The Bertz CT molecular complexity index is 693. The molecule has 0 rings (SSSR count). The van der Waals surface area contributed by atoms with Crippen LogP contribution in [0.15, 0.2) is 0 Å². The molecule has 0 saturated heterocycles. The molecule has 0 aliphatic heterocycles. The Balaban J connectivity index is 5.27. The van der Waals surface area contributed by atoms with Crippen LogP contribution in [0.5, 0.6) is 0 Å². The van der Waals surface area contributed by atoms with Crippen LogP contribution in [0.4, 0.5) is 0 Å². The van der Waals surface area contributed by atoms with Crippen LogP contribution < -0.4 is 10.6 Å².